The number of carbonyl (C=O) groups is 1. The van der Waals surface area contributed by atoms with Gasteiger partial charge in [-0.1, -0.05) is 19.9 Å². The zero-order valence-electron chi connectivity index (χ0n) is 10.6. The molecule has 1 N–H and O–H groups in total. The molecule has 0 spiro atoms. The van der Waals surface area contributed by atoms with Crippen LogP contribution in [0.4, 0.5) is 0 Å². The minimum atomic E-state index is -0.108. The van der Waals surface area contributed by atoms with E-state index in [1.165, 1.54) is 0 Å². The Hall–Kier alpha value is -0.870. The highest BCUT2D eigenvalue weighted by Crippen LogP contribution is 2.31. The minimum absolute atomic E-state index is 0.0352. The zero-order valence-corrected chi connectivity index (χ0v) is 10.6. The van der Waals surface area contributed by atoms with Gasteiger partial charge in [0.2, 0.25) is 0 Å². The average Bonchev–Trinajstić information content (AvgIpc) is 2.90. The van der Waals surface area contributed by atoms with E-state index in [0.29, 0.717) is 0 Å². The summed E-state index contributed by atoms with van der Waals surface area (Å²) in [6.45, 7) is 5.77. The molecule has 2 aliphatic rings. The van der Waals surface area contributed by atoms with Gasteiger partial charge < -0.3 is 9.84 Å². The van der Waals surface area contributed by atoms with E-state index >= 15 is 0 Å². The monoisotopic (exact) mass is 239 g/mol. The largest absolute Gasteiger partial charge is 0.460 e. The fourth-order valence-corrected chi connectivity index (χ4v) is 2.57. The molecular weight excluding hydrogens is 218 g/mol. The Morgan fingerprint density at radius 1 is 1.71 bits per heavy atom. The lowest BCUT2D eigenvalue weighted by Crippen LogP contribution is -2.36. The summed E-state index contributed by atoms with van der Waals surface area (Å²) in [5, 5.41) is 9.28. The predicted octanol–water partition coefficient (Wildman–Crippen LogP) is 0.951. The number of fused-ring (bicyclic) bond motifs is 1. The number of aliphatic hydroxyl groups excluding tert-OH is 1. The van der Waals surface area contributed by atoms with E-state index in [-0.39, 0.29) is 30.6 Å². The lowest BCUT2D eigenvalue weighted by Gasteiger charge is -2.24. The standard InChI is InChI=1S/C13H21NO3/c1-3-9(2)13(16)17-11-5-7-14-6-4-10(8-15)12(11)14/h4,9,11-12,15H,3,5-8H2,1-2H3/t9-,11+,12-/m1/s1. The van der Waals surface area contributed by atoms with E-state index in [1.807, 2.05) is 19.9 Å². The van der Waals surface area contributed by atoms with Crippen LogP contribution in [0.2, 0.25) is 0 Å². The van der Waals surface area contributed by atoms with Gasteiger partial charge in [0.05, 0.1) is 18.6 Å². The van der Waals surface area contributed by atoms with Crippen molar-refractivity contribution in [2.24, 2.45) is 5.92 Å². The second kappa shape index (κ2) is 5.19. The van der Waals surface area contributed by atoms with Crippen molar-refractivity contribution >= 4 is 5.97 Å². The molecule has 0 aromatic heterocycles. The fraction of sp³-hybridized carbons (Fsp3) is 0.769. The van der Waals surface area contributed by atoms with Crippen molar-refractivity contribution in [3.05, 3.63) is 11.6 Å². The quantitative estimate of drug-likeness (QED) is 0.586. The summed E-state index contributed by atoms with van der Waals surface area (Å²) in [6, 6.07) is 0.119. The van der Waals surface area contributed by atoms with E-state index < -0.39 is 0 Å². The van der Waals surface area contributed by atoms with Crippen LogP contribution in [0.5, 0.6) is 0 Å². The van der Waals surface area contributed by atoms with Crippen molar-refractivity contribution in [3.63, 3.8) is 0 Å². The summed E-state index contributed by atoms with van der Waals surface area (Å²) in [4.78, 5) is 14.1. The first kappa shape index (κ1) is 12.6. The summed E-state index contributed by atoms with van der Waals surface area (Å²) in [7, 11) is 0. The molecule has 96 valence electrons. The Morgan fingerprint density at radius 2 is 2.47 bits per heavy atom. The van der Waals surface area contributed by atoms with Crippen LogP contribution in [-0.4, -0.2) is 47.8 Å². The Balaban J connectivity index is 1.98. The molecule has 4 nitrogen and oxygen atoms in total. The summed E-state index contributed by atoms with van der Waals surface area (Å²) < 4.78 is 5.58. The molecule has 0 aromatic rings. The summed E-state index contributed by atoms with van der Waals surface area (Å²) >= 11 is 0. The molecule has 3 atom stereocenters. The smallest absolute Gasteiger partial charge is 0.308 e. The molecule has 0 amide bonds. The molecule has 1 saturated heterocycles. The lowest BCUT2D eigenvalue weighted by atomic mass is 10.0. The van der Waals surface area contributed by atoms with E-state index in [1.54, 1.807) is 0 Å². The highest BCUT2D eigenvalue weighted by atomic mass is 16.5. The maximum atomic E-state index is 11.8. The summed E-state index contributed by atoms with van der Waals surface area (Å²) in [6.07, 6.45) is 3.66. The number of hydrogen-bond acceptors (Lipinski definition) is 4. The first-order valence-corrected chi connectivity index (χ1v) is 6.41. The number of aliphatic hydroxyl groups is 1. The average molecular weight is 239 g/mol. The number of ether oxygens (including phenoxy) is 1. The van der Waals surface area contributed by atoms with Crippen LogP contribution in [-0.2, 0) is 9.53 Å². The Labute approximate surface area is 102 Å². The van der Waals surface area contributed by atoms with Gasteiger partial charge in [-0.15, -0.1) is 0 Å². The van der Waals surface area contributed by atoms with Gasteiger partial charge in [-0.3, -0.25) is 9.69 Å². The van der Waals surface area contributed by atoms with Gasteiger partial charge in [0, 0.05) is 13.1 Å². The minimum Gasteiger partial charge on any atom is -0.460 e. The normalized spacial score (nSPS) is 29.9. The number of esters is 1. The Bertz CT molecular complexity index is 327. The molecule has 4 heteroatoms. The highest BCUT2D eigenvalue weighted by Gasteiger charge is 2.41. The van der Waals surface area contributed by atoms with Gasteiger partial charge in [-0.05, 0) is 18.4 Å². The molecule has 0 saturated carbocycles. The van der Waals surface area contributed by atoms with E-state index in [4.69, 9.17) is 4.74 Å². The van der Waals surface area contributed by atoms with E-state index in [9.17, 15) is 9.90 Å². The molecule has 2 aliphatic heterocycles. The highest BCUT2D eigenvalue weighted by molar-refractivity contribution is 5.72. The first-order valence-electron chi connectivity index (χ1n) is 6.41. The van der Waals surface area contributed by atoms with Gasteiger partial charge >= 0.3 is 5.97 Å². The van der Waals surface area contributed by atoms with Gasteiger partial charge in [0.15, 0.2) is 0 Å². The molecule has 0 aromatic carbocycles. The van der Waals surface area contributed by atoms with Crippen molar-refractivity contribution in [1.82, 2.24) is 4.90 Å². The van der Waals surface area contributed by atoms with Crippen molar-refractivity contribution in [3.8, 4) is 0 Å². The second-order valence-electron chi connectivity index (χ2n) is 4.95. The van der Waals surface area contributed by atoms with Crippen LogP contribution in [0, 0.1) is 5.92 Å². The third-order valence-corrected chi connectivity index (χ3v) is 3.88. The SMILES string of the molecule is CC[C@@H](C)C(=O)O[C@H]1CCN2CC=C(CO)[C@H]12. The van der Waals surface area contributed by atoms with Crippen LogP contribution < -0.4 is 0 Å². The van der Waals surface area contributed by atoms with Crippen molar-refractivity contribution in [2.45, 2.75) is 38.8 Å². The number of hydrogen-bond donors (Lipinski definition) is 1. The maximum absolute atomic E-state index is 11.8. The molecule has 17 heavy (non-hydrogen) atoms. The van der Waals surface area contributed by atoms with Crippen LogP contribution in [0.3, 0.4) is 0 Å². The lowest BCUT2D eigenvalue weighted by molar-refractivity contribution is -0.154. The van der Waals surface area contributed by atoms with Crippen molar-refractivity contribution < 1.29 is 14.6 Å². The molecule has 0 bridgehead atoms. The van der Waals surface area contributed by atoms with Gasteiger partial charge in [-0.25, -0.2) is 0 Å². The predicted molar refractivity (Wildman–Crippen MR) is 64.5 cm³/mol. The second-order valence-corrected chi connectivity index (χ2v) is 4.95. The topological polar surface area (TPSA) is 49.8 Å². The number of rotatable bonds is 4. The van der Waals surface area contributed by atoms with Gasteiger partial charge in [0.1, 0.15) is 6.10 Å². The number of nitrogens with zero attached hydrogens (tertiary/aromatic N) is 1. The van der Waals surface area contributed by atoms with Crippen molar-refractivity contribution in [1.29, 1.82) is 0 Å². The molecule has 2 heterocycles. The third kappa shape index (κ3) is 2.38. The summed E-state index contributed by atoms with van der Waals surface area (Å²) in [5.74, 6) is -0.143. The molecule has 2 rings (SSSR count). The van der Waals surface area contributed by atoms with Gasteiger partial charge in [0.25, 0.3) is 0 Å². The third-order valence-electron chi connectivity index (χ3n) is 3.88. The van der Waals surface area contributed by atoms with E-state index in [0.717, 1.165) is 31.5 Å². The fourth-order valence-electron chi connectivity index (χ4n) is 2.57. The van der Waals surface area contributed by atoms with Crippen LogP contribution >= 0.6 is 0 Å². The van der Waals surface area contributed by atoms with Crippen LogP contribution in [0.15, 0.2) is 11.6 Å². The van der Waals surface area contributed by atoms with E-state index in [2.05, 4.69) is 4.90 Å². The summed E-state index contributed by atoms with van der Waals surface area (Å²) in [5.41, 5.74) is 1.00. The van der Waals surface area contributed by atoms with Gasteiger partial charge in [-0.2, -0.15) is 0 Å². The van der Waals surface area contributed by atoms with Crippen LogP contribution in [0.1, 0.15) is 26.7 Å². The molecule has 0 radical (unpaired) electrons. The molecule has 0 aliphatic carbocycles. The molecular formula is C13H21NO3. The molecule has 0 unspecified atom stereocenters. The Kier molecular flexibility index (Phi) is 3.84. The number of carbonyl (C=O) groups excluding carboxylic acids is 1. The maximum Gasteiger partial charge on any atom is 0.308 e. The first-order chi connectivity index (χ1) is 8.17. The Morgan fingerprint density at radius 3 is 3.12 bits per heavy atom. The van der Waals surface area contributed by atoms with Crippen LogP contribution in [0.25, 0.3) is 0 Å². The zero-order chi connectivity index (χ0) is 12.4. The molecule has 1 fully saturated rings. The van der Waals surface area contributed by atoms with Crippen molar-refractivity contribution in [2.75, 3.05) is 19.7 Å².